The van der Waals surface area contributed by atoms with Crippen LogP contribution in [-0.4, -0.2) is 28.6 Å². The molecule has 0 bridgehead atoms. The molecule has 1 aliphatic heterocycles. The predicted octanol–water partition coefficient (Wildman–Crippen LogP) is 0.932. The molecule has 2 atom stereocenters. The Bertz CT molecular complexity index is 163. The molecule has 0 aromatic carbocycles. The average molecular weight is 189 g/mol. The van der Waals surface area contributed by atoms with Crippen LogP contribution in [0.15, 0.2) is 0 Å². The van der Waals surface area contributed by atoms with Crippen molar-refractivity contribution < 1.29 is 9.90 Å². The Labute approximate surface area is 76.7 Å². The summed E-state index contributed by atoms with van der Waals surface area (Å²) < 4.78 is 0. The van der Waals surface area contributed by atoms with E-state index in [-0.39, 0.29) is 12.5 Å². The van der Waals surface area contributed by atoms with Crippen molar-refractivity contribution in [1.82, 2.24) is 0 Å². The largest absolute Gasteiger partial charge is 0.481 e. The summed E-state index contributed by atoms with van der Waals surface area (Å²) in [5.74, 6) is 1.85. The van der Waals surface area contributed by atoms with Crippen LogP contribution in [-0.2, 0) is 4.79 Å². The number of carbonyl (C=O) groups is 1. The summed E-state index contributed by atoms with van der Waals surface area (Å²) in [7, 11) is 0. The van der Waals surface area contributed by atoms with Crippen LogP contribution in [0.3, 0.4) is 0 Å². The Morgan fingerprint density at radius 3 is 3.00 bits per heavy atom. The standard InChI is InChI=1S/C8H15NO2S/c9-7-5-12-4-3-6(7)1-2-8(10)11/h6-7H,1-5,9H2,(H,10,11)/t6-,7+/m1/s1. The van der Waals surface area contributed by atoms with Gasteiger partial charge in [0.05, 0.1) is 0 Å². The van der Waals surface area contributed by atoms with Gasteiger partial charge in [0.15, 0.2) is 0 Å². The van der Waals surface area contributed by atoms with Gasteiger partial charge < -0.3 is 10.8 Å². The maximum Gasteiger partial charge on any atom is 0.303 e. The first-order valence-electron chi connectivity index (χ1n) is 4.25. The van der Waals surface area contributed by atoms with Crippen LogP contribution in [0.25, 0.3) is 0 Å². The van der Waals surface area contributed by atoms with Crippen LogP contribution in [0.4, 0.5) is 0 Å². The maximum atomic E-state index is 10.3. The number of nitrogens with two attached hydrogens (primary N) is 1. The summed E-state index contributed by atoms with van der Waals surface area (Å²) in [6.07, 6.45) is 2.10. The minimum atomic E-state index is -0.708. The molecule has 0 aromatic heterocycles. The molecule has 1 saturated heterocycles. The molecule has 1 aliphatic rings. The minimum absolute atomic E-state index is 0.211. The number of hydrogen-bond acceptors (Lipinski definition) is 3. The van der Waals surface area contributed by atoms with E-state index in [4.69, 9.17) is 10.8 Å². The highest BCUT2D eigenvalue weighted by atomic mass is 32.2. The van der Waals surface area contributed by atoms with Gasteiger partial charge >= 0.3 is 5.97 Å². The molecule has 3 nitrogen and oxygen atoms in total. The van der Waals surface area contributed by atoms with Crippen molar-refractivity contribution in [3.63, 3.8) is 0 Å². The molecule has 12 heavy (non-hydrogen) atoms. The van der Waals surface area contributed by atoms with E-state index >= 15 is 0 Å². The number of carboxylic acids is 1. The zero-order valence-electron chi connectivity index (χ0n) is 7.03. The maximum absolute atomic E-state index is 10.3. The Hall–Kier alpha value is -0.220. The first-order chi connectivity index (χ1) is 5.70. The molecular weight excluding hydrogens is 174 g/mol. The van der Waals surface area contributed by atoms with Crippen molar-refractivity contribution in [1.29, 1.82) is 0 Å². The SMILES string of the molecule is N[C@H]1CSCC[C@H]1CCC(=O)O. The van der Waals surface area contributed by atoms with Crippen molar-refractivity contribution in [2.24, 2.45) is 11.7 Å². The van der Waals surface area contributed by atoms with Gasteiger partial charge in [-0.3, -0.25) is 4.79 Å². The van der Waals surface area contributed by atoms with Gasteiger partial charge in [-0.25, -0.2) is 0 Å². The average Bonchev–Trinajstić information content (AvgIpc) is 2.03. The molecule has 0 saturated carbocycles. The number of hydrogen-bond donors (Lipinski definition) is 2. The summed E-state index contributed by atoms with van der Waals surface area (Å²) in [6, 6.07) is 0.211. The molecule has 1 rings (SSSR count). The summed E-state index contributed by atoms with van der Waals surface area (Å²) in [4.78, 5) is 10.3. The van der Waals surface area contributed by atoms with Crippen LogP contribution in [0.2, 0.25) is 0 Å². The van der Waals surface area contributed by atoms with E-state index in [9.17, 15) is 4.79 Å². The number of carboxylic acid groups (broad SMARTS) is 1. The fourth-order valence-electron chi connectivity index (χ4n) is 1.47. The Kier molecular flexibility index (Phi) is 3.88. The summed E-state index contributed by atoms with van der Waals surface area (Å²) in [6.45, 7) is 0. The molecule has 1 heterocycles. The molecule has 3 N–H and O–H groups in total. The normalized spacial score (nSPS) is 30.1. The van der Waals surface area contributed by atoms with Gasteiger partial charge in [-0.15, -0.1) is 0 Å². The van der Waals surface area contributed by atoms with Gasteiger partial charge in [-0.05, 0) is 24.5 Å². The zero-order chi connectivity index (χ0) is 8.97. The molecule has 70 valence electrons. The van der Waals surface area contributed by atoms with Gasteiger partial charge in [0.1, 0.15) is 0 Å². The van der Waals surface area contributed by atoms with E-state index < -0.39 is 5.97 Å². The zero-order valence-corrected chi connectivity index (χ0v) is 7.85. The van der Waals surface area contributed by atoms with E-state index in [0.717, 1.165) is 24.3 Å². The second kappa shape index (κ2) is 4.72. The summed E-state index contributed by atoms with van der Waals surface area (Å²) >= 11 is 1.87. The molecule has 0 amide bonds. The minimum Gasteiger partial charge on any atom is -0.481 e. The number of thioether (sulfide) groups is 1. The Balaban J connectivity index is 2.24. The van der Waals surface area contributed by atoms with Crippen molar-refractivity contribution in [3.05, 3.63) is 0 Å². The second-order valence-electron chi connectivity index (χ2n) is 3.22. The second-order valence-corrected chi connectivity index (χ2v) is 4.37. The van der Waals surface area contributed by atoms with E-state index in [0.29, 0.717) is 5.92 Å². The van der Waals surface area contributed by atoms with Gasteiger partial charge in [0.2, 0.25) is 0 Å². The number of rotatable bonds is 3. The van der Waals surface area contributed by atoms with E-state index in [1.54, 1.807) is 0 Å². The summed E-state index contributed by atoms with van der Waals surface area (Å²) in [5.41, 5.74) is 5.85. The molecule has 0 aliphatic carbocycles. The lowest BCUT2D eigenvalue weighted by Gasteiger charge is -2.27. The van der Waals surface area contributed by atoms with E-state index in [2.05, 4.69) is 0 Å². The molecule has 4 heteroatoms. The van der Waals surface area contributed by atoms with Gasteiger partial charge in [0.25, 0.3) is 0 Å². The van der Waals surface area contributed by atoms with Gasteiger partial charge in [-0.1, -0.05) is 0 Å². The smallest absolute Gasteiger partial charge is 0.303 e. The molecule has 1 fully saturated rings. The molecule has 0 radical (unpaired) electrons. The first-order valence-corrected chi connectivity index (χ1v) is 5.40. The van der Waals surface area contributed by atoms with Crippen LogP contribution in [0.5, 0.6) is 0 Å². The van der Waals surface area contributed by atoms with Crippen LogP contribution >= 0.6 is 11.8 Å². The molecule has 0 unspecified atom stereocenters. The highest BCUT2D eigenvalue weighted by Gasteiger charge is 2.22. The van der Waals surface area contributed by atoms with Crippen molar-refractivity contribution in [3.8, 4) is 0 Å². The third-order valence-corrected chi connectivity index (χ3v) is 3.42. The Morgan fingerprint density at radius 1 is 1.67 bits per heavy atom. The van der Waals surface area contributed by atoms with Gasteiger partial charge in [-0.2, -0.15) is 11.8 Å². The van der Waals surface area contributed by atoms with Crippen molar-refractivity contribution in [2.75, 3.05) is 11.5 Å². The van der Waals surface area contributed by atoms with E-state index in [1.807, 2.05) is 11.8 Å². The monoisotopic (exact) mass is 189 g/mol. The third-order valence-electron chi connectivity index (χ3n) is 2.28. The molecule has 0 aromatic rings. The lowest BCUT2D eigenvalue weighted by atomic mass is 9.93. The topological polar surface area (TPSA) is 63.3 Å². The summed E-state index contributed by atoms with van der Waals surface area (Å²) in [5, 5.41) is 8.48. The predicted molar refractivity (Wildman–Crippen MR) is 50.3 cm³/mol. The molecule has 0 spiro atoms. The quantitative estimate of drug-likeness (QED) is 0.693. The first kappa shape index (κ1) is 9.86. The molecular formula is C8H15NO2S. The third kappa shape index (κ3) is 3.03. The highest BCUT2D eigenvalue weighted by molar-refractivity contribution is 7.99. The fourth-order valence-corrected chi connectivity index (χ4v) is 2.65. The van der Waals surface area contributed by atoms with Crippen molar-refractivity contribution in [2.45, 2.75) is 25.3 Å². The van der Waals surface area contributed by atoms with Crippen LogP contribution in [0, 0.1) is 5.92 Å². The van der Waals surface area contributed by atoms with Crippen molar-refractivity contribution >= 4 is 17.7 Å². The Morgan fingerprint density at radius 2 is 2.42 bits per heavy atom. The van der Waals surface area contributed by atoms with Gasteiger partial charge in [0, 0.05) is 18.2 Å². The van der Waals surface area contributed by atoms with Crippen LogP contribution < -0.4 is 5.73 Å². The van der Waals surface area contributed by atoms with Crippen LogP contribution in [0.1, 0.15) is 19.3 Å². The fraction of sp³-hybridized carbons (Fsp3) is 0.875. The lowest BCUT2D eigenvalue weighted by molar-refractivity contribution is -0.137. The highest BCUT2D eigenvalue weighted by Crippen LogP contribution is 2.25. The lowest BCUT2D eigenvalue weighted by Crippen LogP contribution is -2.36. The number of aliphatic carboxylic acids is 1. The van der Waals surface area contributed by atoms with E-state index in [1.165, 1.54) is 0 Å².